The van der Waals surface area contributed by atoms with Crippen LogP contribution in [0.25, 0.3) is 0 Å². The largest absolute Gasteiger partial charge is 0.453 e. The third-order valence-electron chi connectivity index (χ3n) is 13.0. The first-order valence-electron chi connectivity index (χ1n) is 26.1. The second kappa shape index (κ2) is 32.9. The van der Waals surface area contributed by atoms with E-state index < -0.39 is 78.1 Å². The molecule has 0 saturated heterocycles. The summed E-state index contributed by atoms with van der Waals surface area (Å²) in [5, 5.41) is 0.633. The maximum atomic E-state index is 14.4. The lowest BCUT2D eigenvalue weighted by molar-refractivity contribution is -0.169. The van der Waals surface area contributed by atoms with Crippen LogP contribution in [0.2, 0.25) is 0 Å². The van der Waals surface area contributed by atoms with Crippen molar-refractivity contribution >= 4 is 86.9 Å². The van der Waals surface area contributed by atoms with Gasteiger partial charge in [0, 0.05) is 51.0 Å². The van der Waals surface area contributed by atoms with Crippen molar-refractivity contribution in [1.82, 2.24) is 9.80 Å². The molecule has 13 nitrogen and oxygen atoms in total. The Morgan fingerprint density at radius 3 is 1.41 bits per heavy atom. The minimum Gasteiger partial charge on any atom is -0.453 e. The van der Waals surface area contributed by atoms with Crippen molar-refractivity contribution in [3.8, 4) is 0 Å². The van der Waals surface area contributed by atoms with E-state index in [2.05, 4.69) is 19.7 Å². The highest BCUT2D eigenvalue weighted by molar-refractivity contribution is 7.95. The van der Waals surface area contributed by atoms with Crippen LogP contribution in [-0.4, -0.2) is 113 Å². The number of hydrogen-bond donors (Lipinski definition) is 0. The average Bonchev–Trinajstić information content (AvgIpc) is 3.35. The predicted octanol–water partition coefficient (Wildman–Crippen LogP) is 10.7. The monoisotopic (exact) mass is 1090 g/mol. The zero-order valence-electron chi connectivity index (χ0n) is 46.5. The van der Waals surface area contributed by atoms with E-state index in [1.807, 2.05) is 104 Å². The standard InChI is InChI=1S/C58H86Cl2N2O11S/c1-35(2)26-40(10)58(74-15)71-42(12)54(66)62(14)50(29-38(7)8)57(69)73-52(31-44-19-23-46(33-60)24-20-44)51(64)25-16-39(9)48(27-36(3)4)55(67)70-41(11)53(65)61(13)49(28-37(5)6)56(68)72-47(34-63)30-43-17-21-45(32-59)22-18-43/h17-24,34-42,47-50,52H,15-16,25-33H2,1-14H3/t39?,40-,41+,42+,47+,48+,49-,50-,52+/m0/s1. The van der Waals surface area contributed by atoms with Gasteiger partial charge in [-0.2, -0.15) is 0 Å². The molecule has 0 aliphatic rings. The summed E-state index contributed by atoms with van der Waals surface area (Å²) in [6.07, 6.45) is -1.86. The lowest BCUT2D eigenvalue weighted by atomic mass is 9.83. The first-order chi connectivity index (χ1) is 34.8. The van der Waals surface area contributed by atoms with Crippen LogP contribution in [0.15, 0.2) is 48.5 Å². The molecule has 414 valence electrons. The summed E-state index contributed by atoms with van der Waals surface area (Å²) in [4.78, 5) is 99.0. The Kier molecular flexibility index (Phi) is 29.3. The summed E-state index contributed by atoms with van der Waals surface area (Å²) in [5.74, 6) is 0.341. The van der Waals surface area contributed by atoms with E-state index in [0.717, 1.165) is 28.7 Å². The summed E-state index contributed by atoms with van der Waals surface area (Å²) in [6.45, 7) is 22.8. The first kappa shape index (κ1) is 65.7. The number of aldehydes is 1. The van der Waals surface area contributed by atoms with Crippen LogP contribution in [0.1, 0.15) is 144 Å². The highest BCUT2D eigenvalue weighted by Gasteiger charge is 2.38. The van der Waals surface area contributed by atoms with Crippen LogP contribution >= 0.6 is 34.1 Å². The number of ether oxygens (including phenoxy) is 4. The zero-order chi connectivity index (χ0) is 56.0. The number of benzene rings is 2. The number of likely N-dealkylation sites (N-methyl/N-ethyl adjacent to an activating group) is 2. The summed E-state index contributed by atoms with van der Waals surface area (Å²) in [5.41, 5.74) is 3.28. The number of rotatable bonds is 32. The average molecular weight is 1090 g/mol. The van der Waals surface area contributed by atoms with Gasteiger partial charge in [0.05, 0.1) is 5.92 Å². The number of halogens is 2. The van der Waals surface area contributed by atoms with Crippen LogP contribution in [0, 0.1) is 41.4 Å². The third-order valence-corrected chi connectivity index (χ3v) is 14.4. The Balaban J connectivity index is 2.32. The molecule has 0 aromatic heterocycles. The lowest BCUT2D eigenvalue weighted by Gasteiger charge is -2.32. The Bertz CT molecular complexity index is 2180. The quantitative estimate of drug-likeness (QED) is 0.0225. The molecular weight excluding hydrogens is 1000 g/mol. The molecule has 1 unspecified atom stereocenters. The second-order valence-electron chi connectivity index (χ2n) is 21.6. The molecule has 2 aromatic carbocycles. The van der Waals surface area contributed by atoms with Crippen molar-refractivity contribution in [2.45, 2.75) is 183 Å². The van der Waals surface area contributed by atoms with Crippen LogP contribution in [-0.2, 0) is 77.1 Å². The molecule has 0 fully saturated rings. The number of ketones is 1. The molecule has 2 aromatic rings. The third kappa shape index (κ3) is 22.1. The maximum absolute atomic E-state index is 14.4. The minimum absolute atomic E-state index is 0.0210. The van der Waals surface area contributed by atoms with E-state index in [1.54, 1.807) is 14.0 Å². The van der Waals surface area contributed by atoms with Gasteiger partial charge in [0.15, 0.2) is 30.4 Å². The topological polar surface area (TPSA) is 163 Å². The molecule has 0 bridgehead atoms. The number of hydrogen-bond acceptors (Lipinski definition) is 11. The Morgan fingerprint density at radius 1 is 0.568 bits per heavy atom. The van der Waals surface area contributed by atoms with Gasteiger partial charge in [-0.05, 0) is 104 Å². The van der Waals surface area contributed by atoms with Crippen LogP contribution in [0.3, 0.4) is 0 Å². The summed E-state index contributed by atoms with van der Waals surface area (Å²) in [6, 6.07) is 12.5. The zero-order valence-corrected chi connectivity index (χ0v) is 48.9. The minimum atomic E-state index is -1.29. The fourth-order valence-corrected chi connectivity index (χ4v) is 9.74. The molecule has 0 aliphatic carbocycles. The SMILES string of the molecule is C=S=C(O[C@H](C)C(=O)N(C)[C@@H](CC(C)C)C(=O)O[C@H](Cc1ccc(CCl)cc1)C(=O)CCC(C)[C@@H](CC(C)C)C(=O)O[C@H](C)C(=O)N(C)[C@@H](CC(C)C)C(=O)O[C@@H](C=O)Cc1ccc(CCl)cc1)[C@@H](C)CC(C)C. The maximum Gasteiger partial charge on any atom is 0.329 e. The van der Waals surface area contributed by atoms with Gasteiger partial charge in [0.1, 0.15) is 23.2 Å². The number of Topliss-reactive ketones (excluding diaryl/α,β-unsaturated/α-hetero) is 1. The van der Waals surface area contributed by atoms with E-state index in [1.165, 1.54) is 34.7 Å². The Hall–Kier alpha value is -4.37. The summed E-state index contributed by atoms with van der Waals surface area (Å²) >= 11 is 12.0. The van der Waals surface area contributed by atoms with Crippen molar-refractivity contribution in [2.24, 2.45) is 41.4 Å². The molecule has 16 heteroatoms. The smallest absolute Gasteiger partial charge is 0.329 e. The van der Waals surface area contributed by atoms with Crippen LogP contribution in [0.4, 0.5) is 0 Å². The van der Waals surface area contributed by atoms with Crippen molar-refractivity contribution in [1.29, 1.82) is 0 Å². The van der Waals surface area contributed by atoms with Gasteiger partial charge < -0.3 is 28.7 Å². The first-order valence-corrected chi connectivity index (χ1v) is 28.2. The van der Waals surface area contributed by atoms with Crippen LogP contribution < -0.4 is 0 Å². The highest BCUT2D eigenvalue weighted by atomic mass is 35.5. The molecule has 0 heterocycles. The van der Waals surface area contributed by atoms with Crippen molar-refractivity contribution in [3.63, 3.8) is 0 Å². The normalized spacial score (nSPS) is 15.2. The van der Waals surface area contributed by atoms with Crippen molar-refractivity contribution < 1.29 is 52.5 Å². The number of amides is 2. The summed E-state index contributed by atoms with van der Waals surface area (Å²) < 4.78 is 23.8. The van der Waals surface area contributed by atoms with Gasteiger partial charge >= 0.3 is 17.9 Å². The van der Waals surface area contributed by atoms with E-state index in [4.69, 9.17) is 42.1 Å². The van der Waals surface area contributed by atoms with E-state index in [9.17, 15) is 33.6 Å². The Morgan fingerprint density at radius 2 is 0.986 bits per heavy atom. The molecule has 2 amide bonds. The molecular formula is C58H86Cl2N2O11S. The summed E-state index contributed by atoms with van der Waals surface area (Å²) in [7, 11) is 4.20. The highest BCUT2D eigenvalue weighted by Crippen LogP contribution is 2.29. The molecule has 0 saturated carbocycles. The van der Waals surface area contributed by atoms with Crippen molar-refractivity contribution in [3.05, 3.63) is 70.8 Å². The molecule has 0 spiro atoms. The van der Waals surface area contributed by atoms with E-state index in [0.29, 0.717) is 35.4 Å². The fraction of sp³-hybridized carbons (Fsp3) is 0.638. The van der Waals surface area contributed by atoms with E-state index >= 15 is 0 Å². The number of nitrogens with zero attached hydrogens (tertiary/aromatic N) is 2. The van der Waals surface area contributed by atoms with Gasteiger partial charge in [-0.15, -0.1) is 34.1 Å². The second-order valence-corrected chi connectivity index (χ2v) is 22.8. The van der Waals surface area contributed by atoms with Gasteiger partial charge in [0.2, 0.25) is 0 Å². The Labute approximate surface area is 456 Å². The lowest BCUT2D eigenvalue weighted by Crippen LogP contribution is -2.49. The van der Waals surface area contributed by atoms with Gasteiger partial charge in [-0.25, -0.2) is 9.59 Å². The number of carbonyl (C=O) groups excluding carboxylic acids is 7. The molecule has 9 atom stereocenters. The molecule has 0 radical (unpaired) electrons. The number of alkyl halides is 2. The molecule has 2 rings (SSSR count). The van der Waals surface area contributed by atoms with Gasteiger partial charge in [-0.1, -0.05) is 118 Å². The van der Waals surface area contributed by atoms with E-state index in [-0.39, 0.29) is 68.0 Å². The van der Waals surface area contributed by atoms with Crippen molar-refractivity contribution in [2.75, 3.05) is 14.1 Å². The number of carbonyl (C=O) groups is 7. The molecule has 0 aliphatic heterocycles. The van der Waals surface area contributed by atoms with Gasteiger partial charge in [-0.3, -0.25) is 24.0 Å². The predicted molar refractivity (Wildman–Crippen MR) is 298 cm³/mol. The van der Waals surface area contributed by atoms with Crippen LogP contribution in [0.5, 0.6) is 0 Å². The molecule has 74 heavy (non-hydrogen) atoms. The molecule has 0 N–H and O–H groups in total. The number of esters is 3. The van der Waals surface area contributed by atoms with Gasteiger partial charge in [0.25, 0.3) is 11.8 Å². The fourth-order valence-electron chi connectivity index (χ4n) is 8.79.